The number of carbonyl (C=O) groups excluding carboxylic acids is 2. The highest BCUT2D eigenvalue weighted by atomic mass is 16.7. The molecule has 0 aliphatic rings. The number of hydrogen-bond donors (Lipinski definition) is 1. The number of hydrogen-bond acceptors (Lipinski definition) is 5. The minimum Gasteiger partial charge on any atom is -0.468 e. The number of nitrogens with one attached hydrogen (secondary N) is 1. The first kappa shape index (κ1) is 17.7. The SMILES string of the molecule is C=C[C@H](NC(C)=O)[C@H](OC(C)=O)c1ccc(OCOC)cc1. The second-order valence-corrected chi connectivity index (χ2v) is 4.61. The Morgan fingerprint density at radius 1 is 1.27 bits per heavy atom. The van der Waals surface area contributed by atoms with Crippen molar-refractivity contribution < 1.29 is 23.8 Å². The maximum absolute atomic E-state index is 11.3. The fraction of sp³-hybridized carbons (Fsp3) is 0.375. The smallest absolute Gasteiger partial charge is 0.303 e. The van der Waals surface area contributed by atoms with Crippen LogP contribution in [0, 0.1) is 0 Å². The predicted molar refractivity (Wildman–Crippen MR) is 81.3 cm³/mol. The summed E-state index contributed by atoms with van der Waals surface area (Å²) < 4.78 is 15.4. The van der Waals surface area contributed by atoms with Crippen molar-refractivity contribution >= 4 is 11.9 Å². The summed E-state index contributed by atoms with van der Waals surface area (Å²) >= 11 is 0. The van der Waals surface area contributed by atoms with Crippen LogP contribution in [-0.2, 0) is 19.1 Å². The van der Waals surface area contributed by atoms with Crippen LogP contribution in [0.25, 0.3) is 0 Å². The fourth-order valence-electron chi connectivity index (χ4n) is 1.90. The second-order valence-electron chi connectivity index (χ2n) is 4.61. The minimum absolute atomic E-state index is 0.147. The Bertz CT molecular complexity index is 512. The third kappa shape index (κ3) is 5.57. The van der Waals surface area contributed by atoms with E-state index in [-0.39, 0.29) is 12.7 Å². The van der Waals surface area contributed by atoms with E-state index in [1.54, 1.807) is 24.3 Å². The van der Waals surface area contributed by atoms with Gasteiger partial charge in [-0.15, -0.1) is 6.58 Å². The largest absolute Gasteiger partial charge is 0.468 e. The standard InChI is InChI=1S/C16H21NO5/c1-5-15(17-11(2)18)16(22-12(3)19)13-6-8-14(9-7-13)21-10-20-4/h5-9,15-16H,1,10H2,2-4H3,(H,17,18)/t15-,16+/m0/s1. The molecule has 1 N–H and O–H groups in total. The average molecular weight is 307 g/mol. The highest BCUT2D eigenvalue weighted by Crippen LogP contribution is 2.25. The topological polar surface area (TPSA) is 73.9 Å². The first-order chi connectivity index (χ1) is 10.5. The molecule has 1 amide bonds. The molecule has 2 atom stereocenters. The molecular weight excluding hydrogens is 286 g/mol. The van der Waals surface area contributed by atoms with Gasteiger partial charge in [0, 0.05) is 21.0 Å². The molecule has 6 heteroatoms. The van der Waals surface area contributed by atoms with Crippen molar-refractivity contribution in [3.8, 4) is 5.75 Å². The van der Waals surface area contributed by atoms with Gasteiger partial charge in [-0.2, -0.15) is 0 Å². The van der Waals surface area contributed by atoms with Crippen molar-refractivity contribution in [2.75, 3.05) is 13.9 Å². The first-order valence-electron chi connectivity index (χ1n) is 6.76. The number of methoxy groups -OCH3 is 1. The molecule has 1 aromatic carbocycles. The van der Waals surface area contributed by atoms with Crippen LogP contribution in [0.1, 0.15) is 25.5 Å². The zero-order valence-electron chi connectivity index (χ0n) is 13.0. The zero-order valence-corrected chi connectivity index (χ0v) is 13.0. The van der Waals surface area contributed by atoms with E-state index in [4.69, 9.17) is 14.2 Å². The summed E-state index contributed by atoms with van der Waals surface area (Å²) in [5.74, 6) is -0.0501. The van der Waals surface area contributed by atoms with Crippen molar-refractivity contribution in [1.82, 2.24) is 5.32 Å². The highest BCUT2D eigenvalue weighted by molar-refractivity contribution is 5.73. The van der Waals surface area contributed by atoms with Crippen molar-refractivity contribution in [1.29, 1.82) is 0 Å². The van der Waals surface area contributed by atoms with Gasteiger partial charge in [0.15, 0.2) is 12.9 Å². The van der Waals surface area contributed by atoms with Crippen LogP contribution in [0.5, 0.6) is 5.75 Å². The molecule has 0 aliphatic carbocycles. The lowest BCUT2D eigenvalue weighted by Crippen LogP contribution is -2.38. The van der Waals surface area contributed by atoms with Crippen LogP contribution in [0.3, 0.4) is 0 Å². The van der Waals surface area contributed by atoms with E-state index >= 15 is 0 Å². The lowest BCUT2D eigenvalue weighted by Gasteiger charge is -2.25. The van der Waals surface area contributed by atoms with Gasteiger partial charge in [0.2, 0.25) is 5.91 Å². The summed E-state index contributed by atoms with van der Waals surface area (Å²) in [7, 11) is 1.53. The molecule has 0 aliphatic heterocycles. The molecule has 0 saturated carbocycles. The Hall–Kier alpha value is -2.34. The van der Waals surface area contributed by atoms with E-state index in [0.717, 1.165) is 5.56 Å². The van der Waals surface area contributed by atoms with Gasteiger partial charge in [-0.3, -0.25) is 9.59 Å². The quantitative estimate of drug-likeness (QED) is 0.451. The Balaban J connectivity index is 2.97. The molecule has 1 aromatic rings. The summed E-state index contributed by atoms with van der Waals surface area (Å²) in [4.78, 5) is 22.6. The fourth-order valence-corrected chi connectivity index (χ4v) is 1.90. The lowest BCUT2D eigenvalue weighted by atomic mass is 10.0. The minimum atomic E-state index is -0.657. The van der Waals surface area contributed by atoms with Gasteiger partial charge >= 0.3 is 5.97 Å². The van der Waals surface area contributed by atoms with Crippen molar-refractivity contribution in [2.45, 2.75) is 26.0 Å². The van der Waals surface area contributed by atoms with E-state index in [1.807, 2.05) is 0 Å². The molecular formula is C16H21NO5. The molecule has 0 heterocycles. The Morgan fingerprint density at radius 3 is 2.36 bits per heavy atom. The molecule has 0 bridgehead atoms. The van der Waals surface area contributed by atoms with Gasteiger partial charge in [-0.05, 0) is 17.7 Å². The molecule has 0 saturated heterocycles. The Kier molecular flexibility index (Phi) is 7.12. The summed E-state index contributed by atoms with van der Waals surface area (Å²) in [5.41, 5.74) is 0.721. The molecule has 0 fully saturated rings. The third-order valence-electron chi connectivity index (χ3n) is 2.80. The number of benzene rings is 1. The average Bonchev–Trinajstić information content (AvgIpc) is 2.48. The summed E-state index contributed by atoms with van der Waals surface area (Å²) in [6, 6.07) is 6.47. The molecule has 6 nitrogen and oxygen atoms in total. The van der Waals surface area contributed by atoms with Crippen molar-refractivity contribution in [3.05, 3.63) is 42.5 Å². The van der Waals surface area contributed by atoms with E-state index < -0.39 is 18.1 Å². The first-order valence-corrected chi connectivity index (χ1v) is 6.76. The zero-order chi connectivity index (χ0) is 16.5. The molecule has 0 spiro atoms. The Morgan fingerprint density at radius 2 is 1.91 bits per heavy atom. The van der Waals surface area contributed by atoms with E-state index in [0.29, 0.717) is 5.75 Å². The molecule has 22 heavy (non-hydrogen) atoms. The highest BCUT2D eigenvalue weighted by Gasteiger charge is 2.24. The van der Waals surface area contributed by atoms with E-state index in [2.05, 4.69) is 11.9 Å². The lowest BCUT2D eigenvalue weighted by molar-refractivity contribution is -0.148. The molecule has 0 unspecified atom stereocenters. The van der Waals surface area contributed by atoms with Gasteiger partial charge in [0.05, 0.1) is 6.04 Å². The monoisotopic (exact) mass is 307 g/mol. The van der Waals surface area contributed by atoms with E-state index in [1.165, 1.54) is 27.0 Å². The third-order valence-corrected chi connectivity index (χ3v) is 2.80. The van der Waals surface area contributed by atoms with Crippen LogP contribution in [0.4, 0.5) is 0 Å². The van der Waals surface area contributed by atoms with Gasteiger partial charge in [-0.1, -0.05) is 18.2 Å². The van der Waals surface area contributed by atoms with Crippen LogP contribution in [0.15, 0.2) is 36.9 Å². The number of carbonyl (C=O) groups is 2. The van der Waals surface area contributed by atoms with Crippen LogP contribution >= 0.6 is 0 Å². The van der Waals surface area contributed by atoms with Crippen LogP contribution in [0.2, 0.25) is 0 Å². The van der Waals surface area contributed by atoms with Crippen LogP contribution in [-0.4, -0.2) is 31.8 Å². The molecule has 1 rings (SSSR count). The molecule has 120 valence electrons. The maximum atomic E-state index is 11.3. The second kappa shape index (κ2) is 8.84. The van der Waals surface area contributed by atoms with Crippen LogP contribution < -0.4 is 10.1 Å². The normalized spacial score (nSPS) is 12.9. The van der Waals surface area contributed by atoms with Crippen molar-refractivity contribution in [2.24, 2.45) is 0 Å². The summed E-state index contributed by atoms with van der Waals surface area (Å²) in [6.07, 6.45) is 0.875. The van der Waals surface area contributed by atoms with Gasteiger partial charge in [0.1, 0.15) is 5.75 Å². The number of ether oxygens (including phenoxy) is 3. The summed E-state index contributed by atoms with van der Waals surface area (Å²) in [5, 5.41) is 2.70. The van der Waals surface area contributed by atoms with E-state index in [9.17, 15) is 9.59 Å². The van der Waals surface area contributed by atoms with Gasteiger partial charge in [0.25, 0.3) is 0 Å². The van der Waals surface area contributed by atoms with Crippen molar-refractivity contribution in [3.63, 3.8) is 0 Å². The Labute approximate surface area is 130 Å². The number of amides is 1. The maximum Gasteiger partial charge on any atom is 0.303 e. The number of rotatable bonds is 8. The predicted octanol–water partition coefficient (Wildman–Crippen LogP) is 1.96. The van der Waals surface area contributed by atoms with Gasteiger partial charge < -0.3 is 19.5 Å². The number of esters is 1. The molecule has 0 radical (unpaired) electrons. The van der Waals surface area contributed by atoms with Gasteiger partial charge in [-0.25, -0.2) is 0 Å². The summed E-state index contributed by atoms with van der Waals surface area (Å²) in [6.45, 7) is 6.53. The molecule has 0 aromatic heterocycles.